The van der Waals surface area contributed by atoms with Gasteiger partial charge in [0.25, 0.3) is 0 Å². The predicted octanol–water partition coefficient (Wildman–Crippen LogP) is 12.2. The van der Waals surface area contributed by atoms with Gasteiger partial charge in [0.2, 0.25) is 0 Å². The maximum Gasteiger partial charge on any atom is -0.00137 e. The number of hydrogen-bond donors (Lipinski definition) is 0. The molecule has 0 N–H and O–H groups in total. The van der Waals surface area contributed by atoms with E-state index in [1.807, 2.05) is 0 Å². The van der Waals surface area contributed by atoms with Gasteiger partial charge in [0.15, 0.2) is 0 Å². The van der Waals surface area contributed by atoms with E-state index in [0.717, 1.165) is 0 Å². The first-order chi connectivity index (χ1) is 20.9. The minimum Gasteiger partial charge on any atom is -0.0587 e. The molecule has 0 saturated carbocycles. The van der Waals surface area contributed by atoms with Gasteiger partial charge >= 0.3 is 0 Å². The lowest BCUT2D eigenvalue weighted by molar-refractivity contribution is 1.45. The largest absolute Gasteiger partial charge is 0.0587 e. The Labute approximate surface area is 255 Å². The topological polar surface area (TPSA) is 0 Å². The zero-order valence-corrected chi connectivity index (χ0v) is 25.6. The second kappa shape index (κ2) is 10.7. The first kappa shape index (κ1) is 26.9. The fourth-order valence-electron chi connectivity index (χ4n) is 6.43. The lowest BCUT2D eigenvalue weighted by atomic mass is 9.79. The van der Waals surface area contributed by atoms with Crippen LogP contribution in [0.5, 0.6) is 0 Å². The van der Waals surface area contributed by atoms with Crippen molar-refractivity contribution in [3.63, 3.8) is 0 Å². The van der Waals surface area contributed by atoms with Crippen LogP contribution in [-0.2, 0) is 0 Å². The fraction of sp³-hybridized carbons (Fsp3) is 0.116. The van der Waals surface area contributed by atoms with E-state index < -0.39 is 0 Å². The molecule has 0 heterocycles. The molecule has 0 unspecified atom stereocenters. The number of hydrogen-bond acceptors (Lipinski definition) is 0. The molecule has 0 spiro atoms. The van der Waals surface area contributed by atoms with Crippen molar-refractivity contribution >= 4 is 10.8 Å². The molecule has 5 aromatic carbocycles. The van der Waals surface area contributed by atoms with Crippen molar-refractivity contribution in [1.82, 2.24) is 0 Å². The van der Waals surface area contributed by atoms with Gasteiger partial charge in [0.05, 0.1) is 0 Å². The van der Waals surface area contributed by atoms with Crippen molar-refractivity contribution in [3.8, 4) is 55.6 Å². The van der Waals surface area contributed by atoms with E-state index in [4.69, 9.17) is 0 Å². The van der Waals surface area contributed by atoms with Gasteiger partial charge in [-0.15, -0.1) is 0 Å². The quantitative estimate of drug-likeness (QED) is 0.204. The number of rotatable bonds is 4. The second-order valence-electron chi connectivity index (χ2n) is 12.2. The van der Waals surface area contributed by atoms with Crippen LogP contribution in [0, 0.1) is 34.6 Å². The summed E-state index contributed by atoms with van der Waals surface area (Å²) in [6.07, 6.45) is 0. The highest BCUT2D eigenvalue weighted by Gasteiger charge is 2.27. The monoisotopic (exact) mass is 552 g/mol. The van der Waals surface area contributed by atoms with Crippen molar-refractivity contribution in [2.75, 3.05) is 0 Å². The highest BCUT2D eigenvalue weighted by Crippen LogP contribution is 2.54. The van der Waals surface area contributed by atoms with Crippen molar-refractivity contribution in [2.24, 2.45) is 0 Å². The van der Waals surface area contributed by atoms with Crippen LogP contribution in [0.2, 0.25) is 0 Å². The summed E-state index contributed by atoms with van der Waals surface area (Å²) in [5.74, 6) is 0. The van der Waals surface area contributed by atoms with Crippen molar-refractivity contribution in [2.45, 2.75) is 34.6 Å². The molecule has 0 nitrogen and oxygen atoms in total. The van der Waals surface area contributed by atoms with Gasteiger partial charge < -0.3 is 0 Å². The summed E-state index contributed by atoms with van der Waals surface area (Å²) in [5, 5.41) is 2.61. The molecule has 43 heavy (non-hydrogen) atoms. The molecule has 0 bridgehead atoms. The van der Waals surface area contributed by atoms with Gasteiger partial charge in [-0.3, -0.25) is 0 Å². The molecule has 2 aliphatic carbocycles. The van der Waals surface area contributed by atoms with Gasteiger partial charge in [0, 0.05) is 0 Å². The molecular formula is C43H36. The van der Waals surface area contributed by atoms with Crippen LogP contribution in [0.15, 0.2) is 127 Å². The van der Waals surface area contributed by atoms with E-state index in [1.165, 1.54) is 94.2 Å². The Bertz CT molecular complexity index is 2060. The average molecular weight is 553 g/mol. The van der Waals surface area contributed by atoms with E-state index in [9.17, 15) is 0 Å². The molecule has 0 aliphatic heterocycles. The Morgan fingerprint density at radius 3 is 1.00 bits per heavy atom. The van der Waals surface area contributed by atoms with E-state index in [0.29, 0.717) is 0 Å². The van der Waals surface area contributed by atoms with Gasteiger partial charge in [-0.25, -0.2) is 0 Å². The van der Waals surface area contributed by atoms with E-state index >= 15 is 0 Å². The molecule has 0 heteroatoms. The number of benzene rings is 5. The molecule has 208 valence electrons. The Balaban J connectivity index is 1.78. The lowest BCUT2D eigenvalue weighted by Gasteiger charge is -2.24. The Morgan fingerprint density at radius 1 is 0.279 bits per heavy atom. The average Bonchev–Trinajstić information content (AvgIpc) is 3.27. The summed E-state index contributed by atoms with van der Waals surface area (Å²) < 4.78 is 0. The third kappa shape index (κ3) is 4.84. The number of aryl methyl sites for hydroxylation is 5. The first-order valence-corrected chi connectivity index (χ1v) is 15.2. The maximum absolute atomic E-state index is 2.42. The van der Waals surface area contributed by atoms with Gasteiger partial charge in [0.1, 0.15) is 0 Å². The predicted molar refractivity (Wildman–Crippen MR) is 186 cm³/mol. The summed E-state index contributed by atoms with van der Waals surface area (Å²) in [7, 11) is 0. The molecule has 0 amide bonds. The molecule has 0 atom stereocenters. The second-order valence-corrected chi connectivity index (χ2v) is 12.2. The van der Waals surface area contributed by atoms with Crippen LogP contribution in [-0.4, -0.2) is 0 Å². The van der Waals surface area contributed by atoms with Crippen LogP contribution in [0.3, 0.4) is 0 Å². The highest BCUT2D eigenvalue weighted by atomic mass is 14.3. The minimum absolute atomic E-state index is 1.23. The summed E-state index contributed by atoms with van der Waals surface area (Å²) in [6, 6.07) is 47.9. The van der Waals surface area contributed by atoms with Crippen LogP contribution >= 0.6 is 0 Å². The number of fused-ring (bicyclic) bond motifs is 3. The van der Waals surface area contributed by atoms with E-state index in [-0.39, 0.29) is 0 Å². The Hall–Kier alpha value is -4.94. The van der Waals surface area contributed by atoms with Gasteiger partial charge in [-0.05, 0) is 107 Å². The van der Waals surface area contributed by atoms with Gasteiger partial charge in [-0.1, -0.05) is 149 Å². The molecule has 0 radical (unpaired) electrons. The van der Waals surface area contributed by atoms with Crippen LogP contribution < -0.4 is 0 Å². The highest BCUT2D eigenvalue weighted by molar-refractivity contribution is 6.24. The van der Waals surface area contributed by atoms with Crippen molar-refractivity contribution in [3.05, 3.63) is 155 Å². The zero-order valence-electron chi connectivity index (χ0n) is 25.6. The van der Waals surface area contributed by atoms with Crippen molar-refractivity contribution in [1.29, 1.82) is 0 Å². The van der Waals surface area contributed by atoms with E-state index in [1.54, 1.807) is 0 Å². The molecule has 5 aromatic rings. The lowest BCUT2D eigenvalue weighted by Crippen LogP contribution is -1.97. The molecule has 7 rings (SSSR count). The molecule has 0 aromatic heterocycles. The standard InChI is InChI=1S/C43H36/c1-27-6-16-32(17-7-27)39-38-26-36-24-14-31(5)15-25-37(36)43(38)42(35-22-12-30(4)13-23-35)41(34-20-10-29(3)11-21-34)40(39)33-18-8-28(2)9-19-33/h6-26H,1-5H3. The molecule has 0 fully saturated rings. The van der Waals surface area contributed by atoms with Crippen LogP contribution in [0.1, 0.15) is 27.8 Å². The fourth-order valence-corrected chi connectivity index (χ4v) is 6.43. The summed E-state index contributed by atoms with van der Waals surface area (Å²) in [5.41, 5.74) is 19.0. The molecule has 0 saturated heterocycles. The minimum atomic E-state index is 1.23. The SMILES string of the molecule is Cc1ccc(-c2c(-c3ccc(C)cc3)c(-c3ccc(C)cc3)c3c4ccc(C)ccc-4cc3c2-c2ccc(C)cc2)cc1. The Kier molecular flexibility index (Phi) is 6.71. The van der Waals surface area contributed by atoms with Crippen LogP contribution in [0.25, 0.3) is 66.4 Å². The molecular weight excluding hydrogens is 516 g/mol. The first-order valence-electron chi connectivity index (χ1n) is 15.2. The molecule has 2 aliphatic rings. The summed E-state index contributed by atoms with van der Waals surface area (Å²) >= 11 is 0. The third-order valence-corrected chi connectivity index (χ3v) is 8.82. The summed E-state index contributed by atoms with van der Waals surface area (Å²) in [6.45, 7) is 10.8. The van der Waals surface area contributed by atoms with Crippen molar-refractivity contribution < 1.29 is 0 Å². The van der Waals surface area contributed by atoms with Gasteiger partial charge in [-0.2, -0.15) is 0 Å². The van der Waals surface area contributed by atoms with Crippen LogP contribution in [0.4, 0.5) is 0 Å². The summed E-state index contributed by atoms with van der Waals surface area (Å²) in [4.78, 5) is 0. The smallest absolute Gasteiger partial charge is 0.00137 e. The maximum atomic E-state index is 2.42. The van der Waals surface area contributed by atoms with E-state index in [2.05, 4.69) is 162 Å². The Morgan fingerprint density at radius 2 is 0.581 bits per heavy atom. The normalized spacial score (nSPS) is 11.4. The zero-order chi connectivity index (χ0) is 29.7. The third-order valence-electron chi connectivity index (χ3n) is 8.82.